The van der Waals surface area contributed by atoms with E-state index in [0.717, 1.165) is 37.8 Å². The topological polar surface area (TPSA) is 32.3 Å². The van der Waals surface area contributed by atoms with Crippen LogP contribution in [0.5, 0.6) is 0 Å². The number of hydrogen-bond acceptors (Lipinski definition) is 3. The number of carbonyl (C=O) groups excluding carboxylic acids is 1. The van der Waals surface area contributed by atoms with Gasteiger partial charge in [0, 0.05) is 0 Å². The molecule has 1 fully saturated rings. The minimum absolute atomic E-state index is 0.0569. The first-order valence-corrected chi connectivity index (χ1v) is 11.8. The molecule has 0 aromatic heterocycles. The van der Waals surface area contributed by atoms with Gasteiger partial charge in [0.25, 0.3) is 0 Å². The third-order valence-electron chi connectivity index (χ3n) is 6.53. The average molecular weight is 423 g/mol. The van der Waals surface area contributed by atoms with Gasteiger partial charge in [-0.3, -0.25) is 0 Å². The van der Waals surface area contributed by atoms with E-state index >= 15 is 0 Å². The molecule has 0 amide bonds. The molecule has 2 aromatic rings. The Morgan fingerprint density at radius 3 is 2.81 bits per heavy atom. The molecule has 0 saturated carbocycles. The Bertz CT molecular complexity index is 881. The maximum absolute atomic E-state index is 11.7. The van der Waals surface area contributed by atoms with Gasteiger partial charge in [0.2, 0.25) is 0 Å². The Morgan fingerprint density at radius 1 is 1.15 bits per heavy atom. The van der Waals surface area contributed by atoms with Crippen LogP contribution in [0.4, 0.5) is 5.69 Å². The zero-order valence-electron chi connectivity index (χ0n) is 15.3. The second-order valence-electron chi connectivity index (χ2n) is 7.68. The average Bonchev–Trinajstić information content (AvgIpc) is 3.26. The van der Waals surface area contributed by atoms with Crippen molar-refractivity contribution >= 4 is 31.4 Å². The number of likely N-dealkylation sites (tertiary alicyclic amines) is 1. The van der Waals surface area contributed by atoms with Crippen molar-refractivity contribution in [2.24, 2.45) is 0 Å². The van der Waals surface area contributed by atoms with E-state index in [-0.39, 0.29) is 11.5 Å². The summed E-state index contributed by atoms with van der Waals surface area (Å²) < 4.78 is 1.48. The van der Waals surface area contributed by atoms with Gasteiger partial charge < -0.3 is 0 Å². The number of nitrogens with one attached hydrogen (secondary N) is 1. The molecule has 3 atom stereocenters. The molecule has 0 bridgehead atoms. The number of hydrogen-bond donors (Lipinski definition) is 1. The number of nitrogens with zero attached hydrogens (tertiary/aromatic N) is 1. The number of anilines is 1. The molecule has 2 aromatic carbocycles. The molecule has 27 heavy (non-hydrogen) atoms. The molecule has 1 N–H and O–H groups in total. The van der Waals surface area contributed by atoms with Crippen molar-refractivity contribution in [1.82, 2.24) is 4.90 Å². The summed E-state index contributed by atoms with van der Waals surface area (Å²) in [6.07, 6.45) is 5.37. The van der Waals surface area contributed by atoms with Crippen molar-refractivity contribution in [3.63, 3.8) is 0 Å². The predicted molar refractivity (Wildman–Crippen MR) is 111 cm³/mol. The van der Waals surface area contributed by atoms with Crippen LogP contribution in [-0.4, -0.2) is 51.3 Å². The Labute approximate surface area is 167 Å². The number of rotatable bonds is 5. The zero-order chi connectivity index (χ0) is 18.3. The molecule has 1 aliphatic carbocycles. The zero-order valence-corrected chi connectivity index (χ0v) is 17.0. The molecule has 5 rings (SSSR count). The van der Waals surface area contributed by atoms with Crippen molar-refractivity contribution in [1.29, 1.82) is 0 Å². The van der Waals surface area contributed by atoms with E-state index in [2.05, 4.69) is 70.9 Å². The van der Waals surface area contributed by atoms with Crippen LogP contribution >= 0.6 is 0 Å². The van der Waals surface area contributed by atoms with Crippen molar-refractivity contribution in [2.75, 3.05) is 18.4 Å². The number of carbonyl (C=O) groups is 1. The Hall–Kier alpha value is -1.87. The van der Waals surface area contributed by atoms with Gasteiger partial charge in [-0.2, -0.15) is 0 Å². The van der Waals surface area contributed by atoms with Gasteiger partial charge in [-0.25, -0.2) is 0 Å². The number of benzene rings is 2. The molecule has 4 heteroatoms. The minimum atomic E-state index is 0.0569. The second-order valence-corrected chi connectivity index (χ2v) is 10.1. The normalized spacial score (nSPS) is 28.7. The number of fused-ring (bicyclic) bond motifs is 1. The quantitative estimate of drug-likeness (QED) is 0.593. The summed E-state index contributed by atoms with van der Waals surface area (Å²) in [5.74, 6) is 0. The van der Waals surface area contributed by atoms with Gasteiger partial charge in [0.15, 0.2) is 0 Å². The summed E-state index contributed by atoms with van der Waals surface area (Å²) in [4.78, 5) is 14.4. The first kappa shape index (κ1) is 17.2. The van der Waals surface area contributed by atoms with Crippen LogP contribution in [0, 0.1) is 0 Å². The van der Waals surface area contributed by atoms with E-state index in [1.54, 1.807) is 0 Å². The predicted octanol–water partition coefficient (Wildman–Crippen LogP) is 2.77. The molecule has 1 spiro atoms. The van der Waals surface area contributed by atoms with Gasteiger partial charge >= 0.3 is 167 Å². The molecule has 2 heterocycles. The van der Waals surface area contributed by atoms with Crippen LogP contribution in [0.2, 0.25) is 5.32 Å². The van der Waals surface area contributed by atoms with E-state index in [4.69, 9.17) is 0 Å². The SMILES string of the molecule is O=CC1=CC[C@@H]2N(CC[Se]c3ccccc3)CC[C@@]23c2ccccc2N[C@@H]13. The third kappa shape index (κ3) is 2.70. The van der Waals surface area contributed by atoms with E-state index in [1.807, 2.05) is 0 Å². The fourth-order valence-electron chi connectivity index (χ4n) is 5.37. The fraction of sp³-hybridized carbons (Fsp3) is 0.348. The molecule has 1 saturated heterocycles. The molecule has 0 radical (unpaired) electrons. The van der Waals surface area contributed by atoms with E-state index in [1.165, 1.54) is 21.0 Å². The molecular formula is C23H24N2OSe. The molecule has 2 aliphatic heterocycles. The summed E-state index contributed by atoms with van der Waals surface area (Å²) in [6.45, 7) is 2.28. The van der Waals surface area contributed by atoms with E-state index in [9.17, 15) is 4.79 Å². The van der Waals surface area contributed by atoms with Crippen LogP contribution in [0.1, 0.15) is 18.4 Å². The van der Waals surface area contributed by atoms with Crippen LogP contribution in [0.25, 0.3) is 0 Å². The number of aldehydes is 1. The van der Waals surface area contributed by atoms with Crippen LogP contribution in [-0.2, 0) is 10.2 Å². The van der Waals surface area contributed by atoms with E-state index in [0.29, 0.717) is 21.0 Å². The summed E-state index contributed by atoms with van der Waals surface area (Å²) >= 11 is 0.528. The van der Waals surface area contributed by atoms with Crippen molar-refractivity contribution < 1.29 is 4.79 Å². The van der Waals surface area contributed by atoms with Gasteiger partial charge in [0.05, 0.1) is 0 Å². The Morgan fingerprint density at radius 2 is 1.96 bits per heavy atom. The van der Waals surface area contributed by atoms with Gasteiger partial charge in [-0.05, 0) is 0 Å². The molecule has 3 aliphatic rings. The van der Waals surface area contributed by atoms with Crippen LogP contribution in [0.15, 0.2) is 66.2 Å². The standard InChI is InChI=1S/C23H24N2OSe/c26-16-17-10-11-21-23(19-8-4-5-9-20(19)24-22(17)23)12-13-25(21)14-15-27-18-6-2-1-3-7-18/h1-10,16,21-22,24H,11-15H2/t21-,22-,23+/m0/s1. The maximum atomic E-state index is 11.7. The van der Waals surface area contributed by atoms with Gasteiger partial charge in [-0.15, -0.1) is 0 Å². The summed E-state index contributed by atoms with van der Waals surface area (Å²) in [6, 6.07) is 20.2. The molecule has 0 unspecified atom stereocenters. The fourth-order valence-corrected chi connectivity index (χ4v) is 7.28. The summed E-state index contributed by atoms with van der Waals surface area (Å²) in [5, 5.41) is 4.92. The summed E-state index contributed by atoms with van der Waals surface area (Å²) in [5.41, 5.74) is 3.64. The molecule has 3 nitrogen and oxygen atoms in total. The first-order valence-electron chi connectivity index (χ1n) is 9.76. The van der Waals surface area contributed by atoms with Crippen LogP contribution in [0.3, 0.4) is 0 Å². The molecular weight excluding hydrogens is 399 g/mol. The van der Waals surface area contributed by atoms with Gasteiger partial charge in [-0.1, -0.05) is 0 Å². The molecule has 138 valence electrons. The second kappa shape index (κ2) is 6.94. The van der Waals surface area contributed by atoms with Gasteiger partial charge in [0.1, 0.15) is 0 Å². The van der Waals surface area contributed by atoms with Crippen molar-refractivity contribution in [2.45, 2.75) is 35.7 Å². The first-order chi connectivity index (χ1) is 13.3. The van der Waals surface area contributed by atoms with E-state index < -0.39 is 0 Å². The van der Waals surface area contributed by atoms with Crippen molar-refractivity contribution in [3.05, 3.63) is 71.8 Å². The third-order valence-corrected chi connectivity index (χ3v) is 8.61. The number of para-hydroxylation sites is 1. The summed E-state index contributed by atoms with van der Waals surface area (Å²) in [7, 11) is 0. The Balaban J connectivity index is 1.40. The van der Waals surface area contributed by atoms with Crippen LogP contribution < -0.4 is 9.78 Å². The monoisotopic (exact) mass is 424 g/mol. The Kier molecular flexibility index (Phi) is 4.43. The van der Waals surface area contributed by atoms with Crippen molar-refractivity contribution in [3.8, 4) is 0 Å².